The summed E-state index contributed by atoms with van der Waals surface area (Å²) in [7, 11) is 1.47. The second kappa shape index (κ2) is 11.2. The second-order valence-electron chi connectivity index (χ2n) is 4.65. The minimum atomic E-state index is -0.245. The molecule has 24 heavy (non-hydrogen) atoms. The Morgan fingerprint density at radius 1 is 1.17 bits per heavy atom. The summed E-state index contributed by atoms with van der Waals surface area (Å²) >= 11 is 0. The molecule has 1 aromatic carbocycles. The fourth-order valence-electron chi connectivity index (χ4n) is 2.17. The molecule has 1 aromatic rings. The molecule has 1 unspecified atom stereocenters. The minimum absolute atomic E-state index is 0.0199. The van der Waals surface area contributed by atoms with Crippen LogP contribution < -0.4 is 0 Å². The maximum Gasteiger partial charge on any atom is 0.167 e. The third-order valence-corrected chi connectivity index (χ3v) is 3.20. The fraction of sp³-hybridized carbons (Fsp3) is 0.421. The summed E-state index contributed by atoms with van der Waals surface area (Å²) < 4.78 is 4.96. The Balaban J connectivity index is 0.00000123. The first-order valence-corrected chi connectivity index (χ1v) is 8.21. The first-order valence-electron chi connectivity index (χ1n) is 8.21. The first-order chi connectivity index (χ1) is 11.5. The zero-order valence-electron chi connectivity index (χ0n) is 15.0. The van der Waals surface area contributed by atoms with E-state index >= 15 is 0 Å². The van der Waals surface area contributed by atoms with Crippen LogP contribution in [0, 0.1) is 5.92 Å². The molecule has 134 valence electrons. The Hall–Kier alpha value is -2.43. The molecule has 3 N–H and O–H groups in total. The highest BCUT2D eigenvalue weighted by Gasteiger charge is 2.20. The number of allylic oxidation sites excluding steroid dienone is 2. The molecule has 0 bridgehead atoms. The largest absolute Gasteiger partial charge is 0.508 e. The van der Waals surface area contributed by atoms with Crippen LogP contribution in [0.5, 0.6) is 11.5 Å². The van der Waals surface area contributed by atoms with E-state index in [-0.39, 0.29) is 40.9 Å². The van der Waals surface area contributed by atoms with Crippen molar-refractivity contribution in [3.8, 4) is 11.5 Å². The Morgan fingerprint density at radius 3 is 2.29 bits per heavy atom. The topological polar surface area (TPSA) is 87.0 Å². The lowest BCUT2D eigenvalue weighted by atomic mass is 9.91. The lowest BCUT2D eigenvalue weighted by Gasteiger charge is -2.17. The number of ether oxygens (including phenoxy) is 1. The Bertz CT molecular complexity index is 587. The van der Waals surface area contributed by atoms with Crippen molar-refractivity contribution in [3.63, 3.8) is 0 Å². The molecule has 1 aliphatic rings. The van der Waals surface area contributed by atoms with Crippen LogP contribution in [0.15, 0.2) is 41.9 Å². The average molecular weight is 336 g/mol. The molecular formula is C19H28O5. The minimum Gasteiger partial charge on any atom is -0.508 e. The van der Waals surface area contributed by atoms with Gasteiger partial charge < -0.3 is 20.1 Å². The zero-order chi connectivity index (χ0) is 18.7. The van der Waals surface area contributed by atoms with Crippen molar-refractivity contribution in [1.29, 1.82) is 0 Å². The molecule has 0 heterocycles. The molecule has 1 atom stereocenters. The van der Waals surface area contributed by atoms with E-state index in [2.05, 4.69) is 0 Å². The van der Waals surface area contributed by atoms with Gasteiger partial charge in [-0.25, -0.2) is 0 Å². The Morgan fingerprint density at radius 2 is 1.79 bits per heavy atom. The van der Waals surface area contributed by atoms with Gasteiger partial charge in [0.15, 0.2) is 17.3 Å². The molecule has 0 saturated heterocycles. The van der Waals surface area contributed by atoms with E-state index < -0.39 is 0 Å². The SMILES string of the molecule is CC.CC.COC1=CCC(CC(=O)c2ccc(O)cc2O)C=C1O. The third-order valence-electron chi connectivity index (χ3n) is 3.20. The number of phenolic OH excluding ortho intramolecular Hbond substituents is 2. The molecule has 0 amide bonds. The highest BCUT2D eigenvalue weighted by atomic mass is 16.5. The maximum atomic E-state index is 12.1. The highest BCUT2D eigenvalue weighted by Crippen LogP contribution is 2.28. The van der Waals surface area contributed by atoms with Crippen LogP contribution in [0.4, 0.5) is 0 Å². The van der Waals surface area contributed by atoms with E-state index in [1.54, 1.807) is 12.2 Å². The molecular weight excluding hydrogens is 308 g/mol. The number of Topliss-reactive ketones (excluding diaryl/α,β-unsaturated/α-hetero) is 1. The van der Waals surface area contributed by atoms with Gasteiger partial charge in [0.05, 0.1) is 12.7 Å². The predicted octanol–water partition coefficient (Wildman–Crippen LogP) is 4.72. The van der Waals surface area contributed by atoms with Gasteiger partial charge in [0.2, 0.25) is 0 Å². The van der Waals surface area contributed by atoms with E-state index in [1.807, 2.05) is 27.7 Å². The molecule has 5 nitrogen and oxygen atoms in total. The standard InChI is InChI=1S/C15H16O5.2C2H6/c1-20-15-5-2-9(7-14(15)19)6-12(17)11-4-3-10(16)8-13(11)18;2*1-2/h3-5,7-9,16,18-19H,2,6H2,1H3;2*1-2H3. The smallest absolute Gasteiger partial charge is 0.167 e. The van der Waals surface area contributed by atoms with Crippen LogP contribution in [-0.2, 0) is 4.74 Å². The van der Waals surface area contributed by atoms with Crippen LogP contribution in [-0.4, -0.2) is 28.2 Å². The van der Waals surface area contributed by atoms with E-state index in [0.29, 0.717) is 12.2 Å². The number of rotatable bonds is 4. The number of aliphatic hydroxyl groups is 1. The molecule has 0 aliphatic heterocycles. The number of hydrogen-bond acceptors (Lipinski definition) is 5. The lowest BCUT2D eigenvalue weighted by Crippen LogP contribution is -2.11. The van der Waals surface area contributed by atoms with Crippen LogP contribution in [0.3, 0.4) is 0 Å². The Kier molecular flexibility index (Phi) is 10.0. The highest BCUT2D eigenvalue weighted by molar-refractivity contribution is 5.99. The van der Waals surface area contributed by atoms with Crippen molar-refractivity contribution >= 4 is 5.78 Å². The zero-order valence-corrected chi connectivity index (χ0v) is 15.0. The lowest BCUT2D eigenvalue weighted by molar-refractivity contribution is 0.0965. The molecule has 0 spiro atoms. The molecule has 2 rings (SSSR count). The number of ketones is 1. The van der Waals surface area contributed by atoms with E-state index in [4.69, 9.17) is 4.74 Å². The first kappa shape index (κ1) is 21.6. The fourth-order valence-corrected chi connectivity index (χ4v) is 2.17. The number of carbonyl (C=O) groups is 1. The number of aliphatic hydroxyl groups excluding tert-OH is 1. The van der Waals surface area contributed by atoms with Crippen molar-refractivity contribution in [1.82, 2.24) is 0 Å². The number of aromatic hydroxyl groups is 2. The van der Waals surface area contributed by atoms with Crippen LogP contribution in [0.1, 0.15) is 50.9 Å². The van der Waals surface area contributed by atoms with E-state index in [0.717, 1.165) is 6.07 Å². The monoisotopic (exact) mass is 336 g/mol. The van der Waals surface area contributed by atoms with Crippen molar-refractivity contribution in [2.24, 2.45) is 5.92 Å². The van der Waals surface area contributed by atoms with Gasteiger partial charge in [-0.15, -0.1) is 0 Å². The summed E-state index contributed by atoms with van der Waals surface area (Å²) in [5.41, 5.74) is 0.164. The van der Waals surface area contributed by atoms with Crippen LogP contribution >= 0.6 is 0 Å². The van der Waals surface area contributed by atoms with Crippen LogP contribution in [0.2, 0.25) is 0 Å². The maximum absolute atomic E-state index is 12.1. The van der Waals surface area contributed by atoms with E-state index in [1.165, 1.54) is 19.2 Å². The molecule has 1 aliphatic carbocycles. The van der Waals surface area contributed by atoms with Crippen molar-refractivity contribution in [2.45, 2.75) is 40.5 Å². The average Bonchev–Trinajstić information content (AvgIpc) is 2.58. The summed E-state index contributed by atoms with van der Waals surface area (Å²) in [6.45, 7) is 8.00. The van der Waals surface area contributed by atoms with Crippen molar-refractivity contribution < 1.29 is 24.9 Å². The van der Waals surface area contributed by atoms with Crippen molar-refractivity contribution in [2.75, 3.05) is 7.11 Å². The number of carbonyl (C=O) groups excluding carboxylic acids is 1. The number of methoxy groups -OCH3 is 1. The van der Waals surface area contributed by atoms with Gasteiger partial charge >= 0.3 is 0 Å². The van der Waals surface area contributed by atoms with Crippen LogP contribution in [0.25, 0.3) is 0 Å². The summed E-state index contributed by atoms with van der Waals surface area (Å²) in [5, 5.41) is 28.5. The van der Waals surface area contributed by atoms with Gasteiger partial charge in [0, 0.05) is 12.5 Å². The van der Waals surface area contributed by atoms with Gasteiger partial charge in [-0.05, 0) is 36.6 Å². The summed E-state index contributed by atoms with van der Waals surface area (Å²) in [6.07, 6.45) is 4.05. The third kappa shape index (κ3) is 5.99. The van der Waals surface area contributed by atoms with Gasteiger partial charge in [0.1, 0.15) is 11.5 Å². The number of hydrogen-bond donors (Lipinski definition) is 3. The molecule has 5 heteroatoms. The van der Waals surface area contributed by atoms with Gasteiger partial charge in [-0.2, -0.15) is 0 Å². The molecule has 0 saturated carbocycles. The summed E-state index contributed by atoms with van der Waals surface area (Å²) in [6, 6.07) is 3.87. The number of phenols is 2. The summed E-state index contributed by atoms with van der Waals surface area (Å²) in [4.78, 5) is 12.1. The van der Waals surface area contributed by atoms with Gasteiger partial charge in [0.25, 0.3) is 0 Å². The Labute approximate surface area is 143 Å². The normalized spacial score (nSPS) is 15.6. The quantitative estimate of drug-likeness (QED) is 0.693. The van der Waals surface area contributed by atoms with E-state index in [9.17, 15) is 20.1 Å². The van der Waals surface area contributed by atoms with Gasteiger partial charge in [-0.3, -0.25) is 4.79 Å². The number of benzene rings is 1. The predicted molar refractivity (Wildman–Crippen MR) is 95.3 cm³/mol. The molecule has 0 fully saturated rings. The van der Waals surface area contributed by atoms with Crippen molar-refractivity contribution in [3.05, 3.63) is 47.4 Å². The molecule has 0 aromatic heterocycles. The summed E-state index contributed by atoms with van der Waals surface area (Å²) in [5.74, 6) is -0.304. The molecule has 0 radical (unpaired) electrons. The van der Waals surface area contributed by atoms with Gasteiger partial charge in [-0.1, -0.05) is 27.7 Å². The second-order valence-corrected chi connectivity index (χ2v) is 4.65.